The number of rotatable bonds is 6. The molecule has 0 bridgehead atoms. The van der Waals surface area contributed by atoms with Crippen molar-refractivity contribution in [1.82, 2.24) is 35.5 Å². The number of fused-ring (bicyclic) bond motifs is 1. The van der Waals surface area contributed by atoms with Gasteiger partial charge in [0.25, 0.3) is 0 Å². The lowest BCUT2D eigenvalue weighted by atomic mass is 10.3. The number of carbonyl (C=O) groups excluding carboxylic acids is 1. The van der Waals surface area contributed by atoms with Gasteiger partial charge in [0.1, 0.15) is 5.82 Å². The number of aromatic nitrogens is 6. The molecule has 2 heterocycles. The smallest absolute Gasteiger partial charge is 0.230 e. The van der Waals surface area contributed by atoms with Crippen LogP contribution in [0.3, 0.4) is 0 Å². The van der Waals surface area contributed by atoms with Crippen LogP contribution in [0.1, 0.15) is 24.7 Å². The summed E-state index contributed by atoms with van der Waals surface area (Å²) in [6.45, 7) is 0.377. The molecule has 0 aliphatic heterocycles. The minimum Gasteiger partial charge on any atom is -0.348 e. The summed E-state index contributed by atoms with van der Waals surface area (Å²) < 4.78 is 1.80. The average molecular weight is 329 g/mol. The maximum atomic E-state index is 12.0. The van der Waals surface area contributed by atoms with Crippen molar-refractivity contribution in [2.75, 3.05) is 5.75 Å². The highest BCUT2D eigenvalue weighted by Crippen LogP contribution is 2.36. The Morgan fingerprint density at radius 3 is 3.09 bits per heavy atom. The van der Waals surface area contributed by atoms with E-state index in [-0.39, 0.29) is 11.7 Å². The number of amides is 1. The molecule has 23 heavy (non-hydrogen) atoms. The zero-order valence-corrected chi connectivity index (χ0v) is 13.1. The van der Waals surface area contributed by atoms with E-state index < -0.39 is 0 Å². The van der Waals surface area contributed by atoms with E-state index in [4.69, 9.17) is 0 Å². The number of nitrogens with zero attached hydrogens (tertiary/aromatic N) is 5. The first kappa shape index (κ1) is 14.2. The number of H-pyrrole nitrogens is 1. The zero-order chi connectivity index (χ0) is 15.6. The standard InChI is InChI=1S/C14H15N7OS/c22-13(8-23-14-18-19-20-21(14)9-5-6-9)15-7-12-16-10-3-1-2-4-11(10)17-12/h1-4,9H,5-8H2,(H,15,22)(H,16,17). The van der Waals surface area contributed by atoms with Gasteiger partial charge in [0.05, 0.1) is 29.4 Å². The number of hydrogen-bond acceptors (Lipinski definition) is 6. The van der Waals surface area contributed by atoms with Crippen LogP contribution in [0.5, 0.6) is 0 Å². The van der Waals surface area contributed by atoms with Crippen molar-refractivity contribution in [3.05, 3.63) is 30.1 Å². The Morgan fingerprint density at radius 2 is 2.26 bits per heavy atom. The summed E-state index contributed by atoms with van der Waals surface area (Å²) in [6, 6.07) is 8.19. The molecule has 118 valence electrons. The second-order valence-electron chi connectivity index (χ2n) is 5.40. The monoisotopic (exact) mass is 329 g/mol. The third-order valence-corrected chi connectivity index (χ3v) is 4.51. The molecule has 1 aliphatic rings. The van der Waals surface area contributed by atoms with E-state index in [1.54, 1.807) is 4.68 Å². The van der Waals surface area contributed by atoms with Gasteiger partial charge < -0.3 is 10.3 Å². The van der Waals surface area contributed by atoms with Crippen LogP contribution in [0.25, 0.3) is 11.0 Å². The van der Waals surface area contributed by atoms with Gasteiger partial charge in [-0.2, -0.15) is 0 Å². The van der Waals surface area contributed by atoms with Crippen LogP contribution in [0.2, 0.25) is 0 Å². The van der Waals surface area contributed by atoms with Gasteiger partial charge in [0, 0.05) is 0 Å². The van der Waals surface area contributed by atoms with Crippen LogP contribution >= 0.6 is 11.8 Å². The second kappa shape index (κ2) is 5.99. The molecule has 1 fully saturated rings. The quantitative estimate of drug-likeness (QED) is 0.661. The van der Waals surface area contributed by atoms with E-state index in [1.165, 1.54) is 11.8 Å². The van der Waals surface area contributed by atoms with Gasteiger partial charge >= 0.3 is 0 Å². The lowest BCUT2D eigenvalue weighted by molar-refractivity contribution is -0.118. The fourth-order valence-electron chi connectivity index (χ4n) is 2.28. The zero-order valence-electron chi connectivity index (χ0n) is 12.3. The number of tetrazole rings is 1. The summed E-state index contributed by atoms with van der Waals surface area (Å²) >= 11 is 1.35. The van der Waals surface area contributed by atoms with Crippen molar-refractivity contribution in [2.45, 2.75) is 30.6 Å². The summed E-state index contributed by atoms with van der Waals surface area (Å²) in [7, 11) is 0. The number of hydrogen-bond donors (Lipinski definition) is 2. The predicted octanol–water partition coefficient (Wildman–Crippen LogP) is 1.29. The number of benzene rings is 1. The Morgan fingerprint density at radius 1 is 1.39 bits per heavy atom. The first-order valence-electron chi connectivity index (χ1n) is 7.40. The van der Waals surface area contributed by atoms with E-state index in [0.717, 1.165) is 29.7 Å². The van der Waals surface area contributed by atoms with E-state index in [9.17, 15) is 4.79 Å². The molecule has 0 unspecified atom stereocenters. The van der Waals surface area contributed by atoms with E-state index in [0.29, 0.717) is 17.7 Å². The molecule has 0 spiro atoms. The highest BCUT2D eigenvalue weighted by Gasteiger charge is 2.28. The molecule has 1 aliphatic carbocycles. The predicted molar refractivity (Wildman–Crippen MR) is 84.8 cm³/mol. The molecule has 4 rings (SSSR count). The van der Waals surface area contributed by atoms with Crippen LogP contribution in [0.4, 0.5) is 0 Å². The minimum absolute atomic E-state index is 0.0687. The molecule has 0 atom stereocenters. The minimum atomic E-state index is -0.0687. The third kappa shape index (κ3) is 3.19. The molecule has 2 aromatic heterocycles. The topological polar surface area (TPSA) is 101 Å². The van der Waals surface area contributed by atoms with Gasteiger partial charge in [-0.05, 0) is 35.4 Å². The van der Waals surface area contributed by atoms with E-state index in [2.05, 4.69) is 30.8 Å². The molecule has 1 amide bonds. The van der Waals surface area contributed by atoms with Crippen LogP contribution in [0.15, 0.2) is 29.4 Å². The lowest BCUT2D eigenvalue weighted by Gasteiger charge is -2.03. The first-order chi connectivity index (χ1) is 11.3. The number of para-hydroxylation sites is 2. The second-order valence-corrected chi connectivity index (χ2v) is 6.35. The van der Waals surface area contributed by atoms with E-state index >= 15 is 0 Å². The van der Waals surface area contributed by atoms with Crippen molar-refractivity contribution < 1.29 is 4.79 Å². The summed E-state index contributed by atoms with van der Waals surface area (Å²) in [5.41, 5.74) is 1.87. The molecule has 0 saturated heterocycles. The molecule has 0 radical (unpaired) electrons. The summed E-state index contributed by atoms with van der Waals surface area (Å²) in [5.74, 6) is 0.959. The Kier molecular flexibility index (Phi) is 3.70. The molecule has 8 nitrogen and oxygen atoms in total. The largest absolute Gasteiger partial charge is 0.348 e. The summed E-state index contributed by atoms with van der Waals surface area (Å²) in [5, 5.41) is 15.2. The average Bonchev–Trinajstić information content (AvgIpc) is 3.15. The van der Waals surface area contributed by atoms with Gasteiger partial charge in [0.15, 0.2) is 0 Å². The van der Waals surface area contributed by atoms with Gasteiger partial charge in [-0.1, -0.05) is 23.9 Å². The molecule has 1 aromatic carbocycles. The number of nitrogens with one attached hydrogen (secondary N) is 2. The Balaban J connectivity index is 1.30. The normalized spacial score (nSPS) is 14.3. The summed E-state index contributed by atoms with van der Waals surface area (Å²) in [6.07, 6.45) is 2.22. The Labute approximate surface area is 136 Å². The first-order valence-corrected chi connectivity index (χ1v) is 8.39. The van der Waals surface area contributed by atoms with Gasteiger partial charge in [0.2, 0.25) is 11.1 Å². The molecule has 2 N–H and O–H groups in total. The molecule has 9 heteroatoms. The molecule has 1 saturated carbocycles. The van der Waals surface area contributed by atoms with Crippen molar-refractivity contribution >= 4 is 28.7 Å². The van der Waals surface area contributed by atoms with Gasteiger partial charge in [-0.3, -0.25) is 4.79 Å². The van der Waals surface area contributed by atoms with Crippen LogP contribution in [-0.2, 0) is 11.3 Å². The fraction of sp³-hybridized carbons (Fsp3) is 0.357. The third-order valence-electron chi connectivity index (χ3n) is 3.58. The number of carbonyl (C=O) groups is 1. The van der Waals surface area contributed by atoms with Crippen molar-refractivity contribution in [3.8, 4) is 0 Å². The van der Waals surface area contributed by atoms with Crippen LogP contribution in [0, 0.1) is 0 Å². The molecular weight excluding hydrogens is 314 g/mol. The highest BCUT2D eigenvalue weighted by atomic mass is 32.2. The molecular formula is C14H15N7OS. The van der Waals surface area contributed by atoms with Crippen molar-refractivity contribution in [3.63, 3.8) is 0 Å². The van der Waals surface area contributed by atoms with Crippen LogP contribution < -0.4 is 5.32 Å². The molecule has 3 aromatic rings. The Hall–Kier alpha value is -2.42. The van der Waals surface area contributed by atoms with E-state index in [1.807, 2.05) is 24.3 Å². The summed E-state index contributed by atoms with van der Waals surface area (Å²) in [4.78, 5) is 19.6. The van der Waals surface area contributed by atoms with Crippen molar-refractivity contribution in [2.24, 2.45) is 0 Å². The maximum Gasteiger partial charge on any atom is 0.230 e. The maximum absolute atomic E-state index is 12.0. The van der Waals surface area contributed by atoms with Crippen molar-refractivity contribution in [1.29, 1.82) is 0 Å². The SMILES string of the molecule is O=C(CSc1nnnn1C1CC1)NCc1nc2ccccc2[nH]1. The number of aromatic amines is 1. The van der Waals surface area contributed by atoms with Crippen LogP contribution in [-0.4, -0.2) is 41.8 Å². The Bertz CT molecular complexity index is 805. The highest BCUT2D eigenvalue weighted by molar-refractivity contribution is 7.99. The fourth-order valence-corrected chi connectivity index (χ4v) is 3.06. The lowest BCUT2D eigenvalue weighted by Crippen LogP contribution is -2.25. The number of thioether (sulfide) groups is 1. The van der Waals surface area contributed by atoms with Gasteiger partial charge in [-0.25, -0.2) is 9.67 Å². The number of imidazole rings is 1. The van der Waals surface area contributed by atoms with Gasteiger partial charge in [-0.15, -0.1) is 5.10 Å².